The number of aromatic nitrogens is 4. The first-order chi connectivity index (χ1) is 18.7. The highest BCUT2D eigenvalue weighted by molar-refractivity contribution is 5.98. The van der Waals surface area contributed by atoms with Crippen molar-refractivity contribution in [3.8, 4) is 16.9 Å². The third-order valence-electron chi connectivity index (χ3n) is 8.10. The number of nitrogens with one attached hydrogen (secondary N) is 1. The van der Waals surface area contributed by atoms with Gasteiger partial charge >= 0.3 is 6.61 Å². The molecule has 9 nitrogen and oxygen atoms in total. The van der Waals surface area contributed by atoms with E-state index in [1.54, 1.807) is 24.5 Å². The third-order valence-corrected chi connectivity index (χ3v) is 8.10. The number of ether oxygens (including phenoxy) is 1. The molecule has 2 aromatic heterocycles. The number of hydrogen-bond donors (Lipinski definition) is 2. The second-order valence-electron chi connectivity index (χ2n) is 10.9. The molecule has 0 spiro atoms. The molecule has 5 heterocycles. The lowest BCUT2D eigenvalue weighted by Gasteiger charge is -2.45. The van der Waals surface area contributed by atoms with E-state index in [1.165, 1.54) is 6.07 Å². The summed E-state index contributed by atoms with van der Waals surface area (Å²) in [6.07, 6.45) is 4.04. The van der Waals surface area contributed by atoms with E-state index in [0.29, 0.717) is 42.4 Å². The van der Waals surface area contributed by atoms with E-state index in [9.17, 15) is 18.7 Å². The fourth-order valence-electron chi connectivity index (χ4n) is 5.91. The van der Waals surface area contributed by atoms with Crippen molar-refractivity contribution < 1.29 is 23.4 Å². The molecule has 4 aromatic rings. The molecule has 1 fully saturated rings. The van der Waals surface area contributed by atoms with Crippen LogP contribution < -0.4 is 15.0 Å². The van der Waals surface area contributed by atoms with Crippen LogP contribution in [0.15, 0.2) is 48.8 Å². The number of hydrogen-bond acceptors (Lipinski definition) is 7. The SMILES string of the molecule is CC(C)(O)C1CN(c2ncc(-c3ccc4nc5n(c4c3)C3CC5NC(=O)c4cccc(OC(F)F)c43)cn2)C1. The molecule has 1 amide bonds. The molecule has 200 valence electrons. The van der Waals surface area contributed by atoms with E-state index < -0.39 is 18.3 Å². The highest BCUT2D eigenvalue weighted by Gasteiger charge is 2.42. The van der Waals surface area contributed by atoms with Gasteiger partial charge in [-0.3, -0.25) is 4.79 Å². The quantitative estimate of drug-likeness (QED) is 0.399. The van der Waals surface area contributed by atoms with Crippen molar-refractivity contribution in [2.24, 2.45) is 5.92 Å². The minimum Gasteiger partial charge on any atom is -0.434 e. The number of carbonyl (C=O) groups is 1. The third kappa shape index (κ3) is 3.82. The molecule has 7 rings (SSSR count). The van der Waals surface area contributed by atoms with Crippen LogP contribution in [0, 0.1) is 5.92 Å². The highest BCUT2D eigenvalue weighted by Crippen LogP contribution is 2.47. The molecular formula is C28H26F2N6O3. The van der Waals surface area contributed by atoms with Crippen molar-refractivity contribution in [2.45, 2.75) is 44.6 Å². The summed E-state index contributed by atoms with van der Waals surface area (Å²) in [6.45, 7) is 2.03. The number of nitrogens with zero attached hydrogens (tertiary/aromatic N) is 5. The summed E-state index contributed by atoms with van der Waals surface area (Å²) in [5.41, 5.74) is 3.30. The molecule has 2 unspecified atom stereocenters. The van der Waals surface area contributed by atoms with E-state index in [1.807, 2.05) is 41.5 Å². The Morgan fingerprint density at radius 3 is 2.62 bits per heavy atom. The van der Waals surface area contributed by atoms with Crippen molar-refractivity contribution >= 4 is 22.9 Å². The van der Waals surface area contributed by atoms with Gasteiger partial charge in [-0.1, -0.05) is 12.1 Å². The van der Waals surface area contributed by atoms with Crippen LogP contribution in [0.1, 0.15) is 54.1 Å². The zero-order valence-electron chi connectivity index (χ0n) is 21.3. The maximum Gasteiger partial charge on any atom is 0.387 e. The van der Waals surface area contributed by atoms with Crippen LogP contribution in [0.5, 0.6) is 5.75 Å². The monoisotopic (exact) mass is 532 g/mol. The summed E-state index contributed by atoms with van der Waals surface area (Å²) >= 11 is 0. The molecule has 2 aromatic carbocycles. The van der Waals surface area contributed by atoms with Crippen LogP contribution >= 0.6 is 0 Å². The van der Waals surface area contributed by atoms with Crippen molar-refractivity contribution in [1.29, 1.82) is 0 Å². The summed E-state index contributed by atoms with van der Waals surface area (Å²) in [5, 5.41) is 13.2. The summed E-state index contributed by atoms with van der Waals surface area (Å²) in [7, 11) is 0. The normalized spacial score (nSPS) is 20.5. The van der Waals surface area contributed by atoms with Gasteiger partial charge in [-0.05, 0) is 50.1 Å². The maximum absolute atomic E-state index is 13.3. The number of benzene rings is 2. The van der Waals surface area contributed by atoms with Crippen LogP contribution in [-0.4, -0.2) is 55.8 Å². The van der Waals surface area contributed by atoms with Gasteiger partial charge in [0.1, 0.15) is 11.6 Å². The molecule has 39 heavy (non-hydrogen) atoms. The van der Waals surface area contributed by atoms with Crippen LogP contribution in [0.3, 0.4) is 0 Å². The first-order valence-electron chi connectivity index (χ1n) is 12.9. The van der Waals surface area contributed by atoms with Crippen LogP contribution in [-0.2, 0) is 0 Å². The second kappa shape index (κ2) is 8.44. The Kier molecular flexibility index (Phi) is 5.18. The van der Waals surface area contributed by atoms with Gasteiger partial charge in [-0.15, -0.1) is 0 Å². The minimum absolute atomic E-state index is 0.00374. The van der Waals surface area contributed by atoms with Gasteiger partial charge in [0.25, 0.3) is 5.91 Å². The molecular weight excluding hydrogens is 506 g/mol. The number of halogens is 2. The summed E-state index contributed by atoms with van der Waals surface area (Å²) in [6, 6.07) is 9.75. The lowest BCUT2D eigenvalue weighted by atomic mass is 9.85. The smallest absolute Gasteiger partial charge is 0.387 e. The number of fused-ring (bicyclic) bond motifs is 9. The van der Waals surface area contributed by atoms with E-state index >= 15 is 0 Å². The van der Waals surface area contributed by atoms with Crippen LogP contribution in [0.25, 0.3) is 22.2 Å². The number of anilines is 1. The Bertz CT molecular complexity index is 1610. The Hall–Kier alpha value is -4.12. The topological polar surface area (TPSA) is 105 Å². The fraction of sp³-hybridized carbons (Fsp3) is 0.357. The van der Waals surface area contributed by atoms with Crippen molar-refractivity contribution in [1.82, 2.24) is 24.8 Å². The fourth-order valence-corrected chi connectivity index (χ4v) is 5.91. The summed E-state index contributed by atoms with van der Waals surface area (Å²) < 4.78 is 33.4. The average Bonchev–Trinajstić information content (AvgIpc) is 3.34. The Morgan fingerprint density at radius 2 is 1.90 bits per heavy atom. The average molecular weight is 533 g/mol. The molecule has 2 N–H and O–H groups in total. The van der Waals surface area contributed by atoms with Crippen molar-refractivity contribution in [3.05, 3.63) is 65.7 Å². The molecule has 0 aliphatic carbocycles. The lowest BCUT2D eigenvalue weighted by Crippen LogP contribution is -2.56. The van der Waals surface area contributed by atoms with Crippen molar-refractivity contribution in [2.75, 3.05) is 18.0 Å². The number of amides is 1. The Morgan fingerprint density at radius 1 is 1.13 bits per heavy atom. The zero-order valence-corrected chi connectivity index (χ0v) is 21.3. The van der Waals surface area contributed by atoms with Crippen LogP contribution in [0.2, 0.25) is 0 Å². The molecule has 11 heteroatoms. The van der Waals surface area contributed by atoms with E-state index in [4.69, 9.17) is 9.72 Å². The van der Waals surface area contributed by atoms with Gasteiger partial charge < -0.3 is 24.6 Å². The van der Waals surface area contributed by atoms with E-state index in [2.05, 4.69) is 15.3 Å². The van der Waals surface area contributed by atoms with E-state index in [-0.39, 0.29) is 23.6 Å². The Balaban J connectivity index is 1.25. The molecule has 3 aliphatic rings. The number of imidazole rings is 1. The number of rotatable bonds is 5. The maximum atomic E-state index is 13.3. The molecule has 0 saturated carbocycles. The van der Waals surface area contributed by atoms with Gasteiger partial charge in [0.2, 0.25) is 5.95 Å². The number of carbonyl (C=O) groups excluding carboxylic acids is 1. The van der Waals surface area contributed by atoms with Crippen molar-refractivity contribution in [3.63, 3.8) is 0 Å². The highest BCUT2D eigenvalue weighted by atomic mass is 19.3. The number of alkyl halides is 2. The van der Waals surface area contributed by atoms with E-state index in [0.717, 1.165) is 22.2 Å². The largest absolute Gasteiger partial charge is 0.434 e. The van der Waals surface area contributed by atoms with Crippen LogP contribution in [0.4, 0.5) is 14.7 Å². The molecule has 2 atom stereocenters. The Labute approximate surface area is 222 Å². The van der Waals surface area contributed by atoms with Gasteiger partial charge in [0.05, 0.1) is 28.7 Å². The minimum atomic E-state index is -3.01. The predicted octanol–water partition coefficient (Wildman–Crippen LogP) is 4.08. The standard InChI is InChI=1S/C28H26F2N6O3/c1-28(2,38)16-12-35(13-16)27-31-10-15(11-32-27)14-6-7-18-20(8-14)36-21-9-19(24(36)33-18)34-25(37)17-4-3-5-22(23(17)21)39-26(29)30/h3-8,10-11,16,19,21,26,38H,9,12-13H2,1-2H3,(H,34,37). The molecule has 3 aliphatic heterocycles. The second-order valence-corrected chi connectivity index (χ2v) is 10.9. The lowest BCUT2D eigenvalue weighted by molar-refractivity contribution is -0.0507. The summed E-state index contributed by atoms with van der Waals surface area (Å²) in [5.74, 6) is 1.15. The number of aliphatic hydroxyl groups is 1. The zero-order chi connectivity index (χ0) is 27.1. The summed E-state index contributed by atoms with van der Waals surface area (Å²) in [4.78, 5) is 28.9. The van der Waals surface area contributed by atoms with Gasteiger partial charge in [0, 0.05) is 48.1 Å². The molecule has 1 saturated heterocycles. The molecule has 0 radical (unpaired) electrons. The van der Waals surface area contributed by atoms with Gasteiger partial charge in [-0.2, -0.15) is 8.78 Å². The molecule has 2 bridgehead atoms. The first kappa shape index (κ1) is 24.0. The van der Waals surface area contributed by atoms with Gasteiger partial charge in [-0.25, -0.2) is 15.0 Å². The van der Waals surface area contributed by atoms with Gasteiger partial charge in [0.15, 0.2) is 0 Å². The predicted molar refractivity (Wildman–Crippen MR) is 139 cm³/mol. The first-order valence-corrected chi connectivity index (χ1v) is 12.9.